The van der Waals surface area contributed by atoms with Crippen LogP contribution in [0.1, 0.15) is 37.3 Å². The van der Waals surface area contributed by atoms with E-state index >= 15 is 0 Å². The molecule has 1 fully saturated rings. The van der Waals surface area contributed by atoms with Crippen LogP contribution in [-0.4, -0.2) is 42.1 Å². The Balaban J connectivity index is 1.78. The number of nitrogens with one attached hydrogen (secondary N) is 1. The van der Waals surface area contributed by atoms with E-state index in [-0.39, 0.29) is 17.7 Å². The Morgan fingerprint density at radius 2 is 1.96 bits per heavy atom. The van der Waals surface area contributed by atoms with Crippen LogP contribution >= 0.6 is 11.8 Å². The Bertz CT molecular complexity index is 581. The maximum atomic E-state index is 12.4. The summed E-state index contributed by atoms with van der Waals surface area (Å²) in [6.07, 6.45) is 2.50. The van der Waals surface area contributed by atoms with Gasteiger partial charge >= 0.3 is 0 Å². The van der Waals surface area contributed by atoms with Gasteiger partial charge in [-0.3, -0.25) is 9.59 Å². The van der Waals surface area contributed by atoms with Crippen molar-refractivity contribution in [3.63, 3.8) is 0 Å². The number of thioether (sulfide) groups is 1. The minimum Gasteiger partial charge on any atom is -0.356 e. The lowest BCUT2D eigenvalue weighted by Crippen LogP contribution is -2.43. The predicted octanol–water partition coefficient (Wildman–Crippen LogP) is 3.16. The molecule has 1 N–H and O–H groups in total. The fourth-order valence-electron chi connectivity index (χ4n) is 2.88. The van der Waals surface area contributed by atoms with Crippen LogP contribution in [0.25, 0.3) is 0 Å². The van der Waals surface area contributed by atoms with Crippen molar-refractivity contribution in [2.75, 3.05) is 25.4 Å². The number of carbonyl (C=O) groups is 2. The van der Waals surface area contributed by atoms with Crippen LogP contribution in [-0.2, 0) is 9.59 Å². The summed E-state index contributed by atoms with van der Waals surface area (Å²) in [6.45, 7) is 8.32. The summed E-state index contributed by atoms with van der Waals surface area (Å²) in [5.41, 5.74) is 2.43. The number of rotatable bonds is 6. The molecule has 0 radical (unpaired) electrons. The Morgan fingerprint density at radius 1 is 1.25 bits per heavy atom. The average molecular weight is 349 g/mol. The van der Waals surface area contributed by atoms with Crippen molar-refractivity contribution in [3.8, 4) is 0 Å². The molecule has 5 heteroatoms. The van der Waals surface area contributed by atoms with Crippen LogP contribution in [0.5, 0.6) is 0 Å². The molecule has 0 spiro atoms. The summed E-state index contributed by atoms with van der Waals surface area (Å²) in [5, 5.41) is 2.96. The Kier molecular flexibility index (Phi) is 7.16. The van der Waals surface area contributed by atoms with Crippen LogP contribution in [0.15, 0.2) is 23.1 Å². The van der Waals surface area contributed by atoms with Gasteiger partial charge in [-0.1, -0.05) is 24.6 Å². The molecule has 1 aromatic rings. The zero-order valence-corrected chi connectivity index (χ0v) is 15.7. The molecule has 0 atom stereocenters. The molecule has 0 unspecified atom stereocenters. The third-order valence-corrected chi connectivity index (χ3v) is 5.60. The van der Waals surface area contributed by atoms with E-state index < -0.39 is 0 Å². The number of amides is 2. The second-order valence-electron chi connectivity index (χ2n) is 6.50. The molecule has 2 amide bonds. The van der Waals surface area contributed by atoms with Gasteiger partial charge < -0.3 is 10.2 Å². The van der Waals surface area contributed by atoms with E-state index in [1.54, 1.807) is 11.8 Å². The number of benzene rings is 1. The lowest BCUT2D eigenvalue weighted by atomic mass is 9.96. The summed E-state index contributed by atoms with van der Waals surface area (Å²) in [7, 11) is 0. The Hall–Kier alpha value is -1.49. The van der Waals surface area contributed by atoms with Crippen molar-refractivity contribution >= 4 is 23.6 Å². The second-order valence-corrected chi connectivity index (χ2v) is 7.52. The number of hydrogen-bond acceptors (Lipinski definition) is 3. The van der Waals surface area contributed by atoms with E-state index in [9.17, 15) is 9.59 Å². The van der Waals surface area contributed by atoms with E-state index in [1.807, 2.05) is 4.90 Å². The highest BCUT2D eigenvalue weighted by molar-refractivity contribution is 8.00. The second kappa shape index (κ2) is 9.11. The molecule has 0 saturated carbocycles. The number of nitrogens with zero attached hydrogens (tertiary/aromatic N) is 1. The first-order valence-corrected chi connectivity index (χ1v) is 9.75. The van der Waals surface area contributed by atoms with Crippen molar-refractivity contribution in [3.05, 3.63) is 29.3 Å². The monoisotopic (exact) mass is 348 g/mol. The maximum absolute atomic E-state index is 12.4. The number of likely N-dealkylation sites (tertiary alicyclic amines) is 1. The van der Waals surface area contributed by atoms with Crippen molar-refractivity contribution in [1.29, 1.82) is 0 Å². The summed E-state index contributed by atoms with van der Waals surface area (Å²) >= 11 is 1.61. The van der Waals surface area contributed by atoms with Crippen molar-refractivity contribution < 1.29 is 9.59 Å². The summed E-state index contributed by atoms with van der Waals surface area (Å²) < 4.78 is 0. The third kappa shape index (κ3) is 5.26. The minimum absolute atomic E-state index is 0.0623. The normalized spacial score (nSPS) is 15.4. The molecule has 4 nitrogen and oxygen atoms in total. The fraction of sp³-hybridized carbons (Fsp3) is 0.579. The van der Waals surface area contributed by atoms with Crippen LogP contribution in [0, 0.1) is 19.8 Å². The molecule has 132 valence electrons. The molecule has 0 bridgehead atoms. The van der Waals surface area contributed by atoms with Crippen LogP contribution in [0.2, 0.25) is 0 Å². The predicted molar refractivity (Wildman–Crippen MR) is 99.2 cm³/mol. The molecule has 2 rings (SSSR count). The van der Waals surface area contributed by atoms with Gasteiger partial charge in [-0.05, 0) is 44.7 Å². The lowest BCUT2D eigenvalue weighted by molar-refractivity contribution is -0.133. The zero-order chi connectivity index (χ0) is 17.5. The van der Waals surface area contributed by atoms with Gasteiger partial charge in [0.15, 0.2) is 0 Å². The van der Waals surface area contributed by atoms with Crippen molar-refractivity contribution in [1.82, 2.24) is 10.2 Å². The van der Waals surface area contributed by atoms with Gasteiger partial charge in [0, 0.05) is 30.4 Å². The average Bonchev–Trinajstić information content (AvgIpc) is 2.60. The zero-order valence-electron chi connectivity index (χ0n) is 14.9. The quantitative estimate of drug-likeness (QED) is 0.804. The van der Waals surface area contributed by atoms with Crippen molar-refractivity contribution in [2.24, 2.45) is 5.92 Å². The molecule has 1 heterocycles. The van der Waals surface area contributed by atoms with Gasteiger partial charge in [-0.25, -0.2) is 0 Å². The Morgan fingerprint density at radius 3 is 2.62 bits per heavy atom. The molecule has 0 aromatic heterocycles. The van der Waals surface area contributed by atoms with Crippen LogP contribution < -0.4 is 5.32 Å². The third-order valence-electron chi connectivity index (χ3n) is 4.46. The smallest absolute Gasteiger partial charge is 0.232 e. The fourth-order valence-corrected chi connectivity index (χ4v) is 3.90. The van der Waals surface area contributed by atoms with Gasteiger partial charge in [-0.15, -0.1) is 11.8 Å². The maximum Gasteiger partial charge on any atom is 0.232 e. The number of piperidine rings is 1. The first-order valence-electron chi connectivity index (χ1n) is 8.76. The topological polar surface area (TPSA) is 49.4 Å². The van der Waals surface area contributed by atoms with Gasteiger partial charge in [0.2, 0.25) is 11.8 Å². The number of aryl methyl sites for hydroxylation is 2. The van der Waals surface area contributed by atoms with E-state index in [1.165, 1.54) is 16.0 Å². The van der Waals surface area contributed by atoms with E-state index in [0.29, 0.717) is 18.8 Å². The first-order chi connectivity index (χ1) is 11.5. The standard InChI is InChI=1S/C19H28N2O2S/c1-4-9-20-19(23)16-7-10-21(11-8-16)18(22)13-24-17-12-14(2)5-6-15(17)3/h5-6,12,16H,4,7-11,13H2,1-3H3,(H,20,23). The van der Waals surface area contributed by atoms with Gasteiger partial charge in [0.05, 0.1) is 5.75 Å². The van der Waals surface area contributed by atoms with E-state index in [2.05, 4.69) is 44.3 Å². The van der Waals surface area contributed by atoms with Crippen LogP contribution in [0.3, 0.4) is 0 Å². The van der Waals surface area contributed by atoms with Crippen LogP contribution in [0.4, 0.5) is 0 Å². The Labute approximate surface area is 149 Å². The highest BCUT2D eigenvalue weighted by Crippen LogP contribution is 2.25. The SMILES string of the molecule is CCCNC(=O)C1CCN(C(=O)CSc2cc(C)ccc2C)CC1. The highest BCUT2D eigenvalue weighted by atomic mass is 32.2. The molecular formula is C19H28N2O2S. The summed E-state index contributed by atoms with van der Waals surface area (Å²) in [4.78, 5) is 27.5. The highest BCUT2D eigenvalue weighted by Gasteiger charge is 2.26. The molecule has 1 aromatic carbocycles. The van der Waals surface area contributed by atoms with Gasteiger partial charge in [0.25, 0.3) is 0 Å². The molecule has 24 heavy (non-hydrogen) atoms. The number of hydrogen-bond donors (Lipinski definition) is 1. The lowest BCUT2D eigenvalue weighted by Gasteiger charge is -2.31. The minimum atomic E-state index is 0.0623. The van der Waals surface area contributed by atoms with E-state index in [4.69, 9.17) is 0 Å². The largest absolute Gasteiger partial charge is 0.356 e. The first kappa shape index (κ1) is 18.8. The molecule has 0 aliphatic carbocycles. The summed E-state index contributed by atoms with van der Waals surface area (Å²) in [6, 6.07) is 6.33. The van der Waals surface area contributed by atoms with E-state index in [0.717, 1.165) is 25.8 Å². The number of carbonyl (C=O) groups excluding carboxylic acids is 2. The summed E-state index contributed by atoms with van der Waals surface area (Å²) in [5.74, 6) is 0.853. The van der Waals surface area contributed by atoms with Gasteiger partial charge in [-0.2, -0.15) is 0 Å². The molecular weight excluding hydrogens is 320 g/mol. The van der Waals surface area contributed by atoms with Gasteiger partial charge in [0.1, 0.15) is 0 Å². The molecule has 1 aliphatic rings. The molecule has 1 saturated heterocycles. The van der Waals surface area contributed by atoms with Crippen molar-refractivity contribution in [2.45, 2.75) is 44.9 Å². The molecule has 1 aliphatic heterocycles.